The van der Waals surface area contributed by atoms with Crippen molar-refractivity contribution < 1.29 is 19.8 Å². The minimum Gasteiger partial charge on any atom is -0.481 e. The summed E-state index contributed by atoms with van der Waals surface area (Å²) in [5, 5.41) is 18.9. The summed E-state index contributed by atoms with van der Waals surface area (Å²) in [4.78, 5) is 24.5. The molecule has 3 atom stereocenters. The van der Waals surface area contributed by atoms with E-state index in [2.05, 4.69) is 11.8 Å². The number of aliphatic hydroxyl groups excluding tert-OH is 1. The zero-order valence-electron chi connectivity index (χ0n) is 16.1. The summed E-state index contributed by atoms with van der Waals surface area (Å²) in [6.45, 7) is 4.69. The average molecular weight is 363 g/mol. The summed E-state index contributed by atoms with van der Waals surface area (Å²) in [6, 6.07) is 0.0603. The Morgan fingerprint density at radius 2 is 2.04 bits per heavy atom. The Morgan fingerprint density at radius 3 is 2.73 bits per heavy atom. The highest BCUT2D eigenvalue weighted by Gasteiger charge is 2.28. The third-order valence-corrected chi connectivity index (χ3v) is 4.75. The van der Waals surface area contributed by atoms with Crippen LogP contribution in [0.3, 0.4) is 0 Å². The molecule has 5 nitrogen and oxygen atoms in total. The van der Waals surface area contributed by atoms with E-state index in [1.54, 1.807) is 6.08 Å². The van der Waals surface area contributed by atoms with Crippen LogP contribution in [0.25, 0.3) is 0 Å². The number of hydrogen-bond donors (Lipinski definition) is 2. The molecule has 26 heavy (non-hydrogen) atoms. The highest BCUT2D eigenvalue weighted by molar-refractivity contribution is 5.79. The number of hydrogen-bond acceptors (Lipinski definition) is 3. The van der Waals surface area contributed by atoms with Gasteiger partial charge >= 0.3 is 5.97 Å². The van der Waals surface area contributed by atoms with Crippen molar-refractivity contribution in [2.45, 2.75) is 83.8 Å². The Labute approximate surface area is 157 Å². The van der Waals surface area contributed by atoms with Gasteiger partial charge in [-0.2, -0.15) is 0 Å². The van der Waals surface area contributed by atoms with Crippen LogP contribution in [0.5, 0.6) is 0 Å². The van der Waals surface area contributed by atoms with Crippen molar-refractivity contribution in [1.82, 2.24) is 4.90 Å². The van der Waals surface area contributed by atoms with E-state index in [1.807, 2.05) is 24.8 Å². The molecule has 0 spiro atoms. The lowest BCUT2D eigenvalue weighted by Gasteiger charge is -2.23. The Hall–Kier alpha value is -1.80. The quantitative estimate of drug-likeness (QED) is 0.335. The monoisotopic (exact) mass is 363 g/mol. The van der Waals surface area contributed by atoms with Crippen LogP contribution in [0.1, 0.15) is 71.6 Å². The van der Waals surface area contributed by atoms with Crippen LogP contribution in [0.2, 0.25) is 0 Å². The first-order chi connectivity index (χ1) is 12.5. The molecule has 0 saturated carbocycles. The van der Waals surface area contributed by atoms with Gasteiger partial charge in [0.2, 0.25) is 5.91 Å². The summed E-state index contributed by atoms with van der Waals surface area (Å²) in [6.07, 6.45) is 9.68. The van der Waals surface area contributed by atoms with Crippen molar-refractivity contribution in [2.24, 2.45) is 5.92 Å². The van der Waals surface area contributed by atoms with Crippen LogP contribution >= 0.6 is 0 Å². The average Bonchev–Trinajstić information content (AvgIpc) is 2.95. The lowest BCUT2D eigenvalue weighted by Crippen LogP contribution is -2.33. The number of aliphatic carboxylic acids is 1. The van der Waals surface area contributed by atoms with Gasteiger partial charge in [-0.05, 0) is 25.2 Å². The number of rotatable bonds is 11. The number of nitrogens with zero attached hydrogens (tertiary/aromatic N) is 1. The van der Waals surface area contributed by atoms with Gasteiger partial charge in [0.15, 0.2) is 0 Å². The molecule has 1 saturated heterocycles. The number of amides is 1. The smallest absolute Gasteiger partial charge is 0.303 e. The van der Waals surface area contributed by atoms with Gasteiger partial charge in [0.1, 0.15) is 0 Å². The zero-order chi connectivity index (χ0) is 19.4. The molecular weight excluding hydrogens is 330 g/mol. The van der Waals surface area contributed by atoms with Gasteiger partial charge in [-0.15, -0.1) is 11.8 Å². The van der Waals surface area contributed by atoms with Gasteiger partial charge in [0.25, 0.3) is 0 Å². The van der Waals surface area contributed by atoms with E-state index in [1.165, 1.54) is 0 Å². The number of unbranched alkanes of at least 4 members (excludes halogenated alkanes) is 3. The molecular formula is C21H33NO4. The van der Waals surface area contributed by atoms with Crippen LogP contribution in [-0.4, -0.2) is 45.7 Å². The molecule has 1 heterocycles. The molecule has 0 aromatic rings. The normalized spacial score (nSPS) is 19.4. The Balaban J connectivity index is 2.39. The molecule has 0 aromatic carbocycles. The van der Waals surface area contributed by atoms with Gasteiger partial charge in [0.05, 0.1) is 12.1 Å². The van der Waals surface area contributed by atoms with E-state index in [4.69, 9.17) is 5.11 Å². The van der Waals surface area contributed by atoms with Crippen molar-refractivity contribution in [1.29, 1.82) is 0 Å². The Morgan fingerprint density at radius 1 is 1.31 bits per heavy atom. The van der Waals surface area contributed by atoms with Gasteiger partial charge in [-0.25, -0.2) is 0 Å². The molecule has 1 amide bonds. The van der Waals surface area contributed by atoms with Gasteiger partial charge in [-0.3, -0.25) is 9.59 Å². The predicted molar refractivity (Wildman–Crippen MR) is 102 cm³/mol. The summed E-state index contributed by atoms with van der Waals surface area (Å²) < 4.78 is 0. The maximum atomic E-state index is 12.1. The van der Waals surface area contributed by atoms with Gasteiger partial charge in [0, 0.05) is 32.2 Å². The van der Waals surface area contributed by atoms with E-state index in [-0.39, 0.29) is 24.3 Å². The topological polar surface area (TPSA) is 77.8 Å². The minimum absolute atomic E-state index is 0.0603. The van der Waals surface area contributed by atoms with Crippen molar-refractivity contribution in [3.05, 3.63) is 12.2 Å². The van der Waals surface area contributed by atoms with Crippen molar-refractivity contribution in [3.63, 3.8) is 0 Å². The number of aliphatic hydroxyl groups is 1. The molecule has 146 valence electrons. The molecule has 1 aliphatic heterocycles. The first-order valence-corrected chi connectivity index (χ1v) is 9.79. The number of carbonyl (C=O) groups excluding carboxylic acids is 1. The largest absolute Gasteiger partial charge is 0.481 e. The fraction of sp³-hybridized carbons (Fsp3) is 0.714. The van der Waals surface area contributed by atoms with Crippen molar-refractivity contribution in [3.8, 4) is 11.8 Å². The van der Waals surface area contributed by atoms with Crippen LogP contribution in [0, 0.1) is 17.8 Å². The van der Waals surface area contributed by atoms with E-state index >= 15 is 0 Å². The van der Waals surface area contributed by atoms with E-state index in [9.17, 15) is 14.7 Å². The lowest BCUT2D eigenvalue weighted by atomic mass is 10.00. The van der Waals surface area contributed by atoms with Crippen molar-refractivity contribution in [2.75, 3.05) is 6.54 Å². The second kappa shape index (κ2) is 12.5. The van der Waals surface area contributed by atoms with Gasteiger partial charge < -0.3 is 15.1 Å². The lowest BCUT2D eigenvalue weighted by molar-refractivity contribution is -0.137. The molecule has 0 radical (unpaired) electrons. The Kier molecular flexibility index (Phi) is 10.7. The van der Waals surface area contributed by atoms with Crippen LogP contribution in [0.15, 0.2) is 12.2 Å². The van der Waals surface area contributed by atoms with Crippen LogP contribution in [-0.2, 0) is 9.59 Å². The highest BCUT2D eigenvalue weighted by Crippen LogP contribution is 2.21. The predicted octanol–water partition coefficient (Wildman–Crippen LogP) is 3.37. The van der Waals surface area contributed by atoms with Crippen LogP contribution in [0.4, 0.5) is 0 Å². The summed E-state index contributed by atoms with van der Waals surface area (Å²) >= 11 is 0. The number of carboxylic acids is 1. The van der Waals surface area contributed by atoms with E-state index < -0.39 is 12.1 Å². The summed E-state index contributed by atoms with van der Waals surface area (Å²) in [7, 11) is 0. The standard InChI is InChI=1S/C21H33NO4/c1-3-4-7-10-17(2)19(23)14-12-18-13-15-20(24)22(18)16-9-6-5-8-11-21(25)26/h12,14,17-19,23H,3,5-6,8-11,13,15-16H2,1-2H3,(H,25,26)/b14-12+/t17-,18-,19?/m0/s1. The maximum absolute atomic E-state index is 12.1. The molecule has 2 N–H and O–H groups in total. The van der Waals surface area contributed by atoms with E-state index in [0.29, 0.717) is 25.8 Å². The first-order valence-electron chi connectivity index (χ1n) is 9.79. The van der Waals surface area contributed by atoms with Crippen LogP contribution < -0.4 is 0 Å². The first kappa shape index (κ1) is 22.2. The second-order valence-corrected chi connectivity index (χ2v) is 7.02. The SMILES string of the molecule is CCC#CC[C@H](C)C(O)/C=C/[C@H]1CCC(=O)N1CCCCCCC(=O)O. The minimum atomic E-state index is -0.751. The van der Waals surface area contributed by atoms with Gasteiger partial charge in [-0.1, -0.05) is 38.8 Å². The summed E-state index contributed by atoms with van der Waals surface area (Å²) in [5.74, 6) is 5.57. The summed E-state index contributed by atoms with van der Waals surface area (Å²) in [5.41, 5.74) is 0. The molecule has 1 rings (SSSR count). The molecule has 0 bridgehead atoms. The fourth-order valence-corrected chi connectivity index (χ4v) is 3.07. The Bertz CT molecular complexity index is 532. The molecule has 0 aromatic heterocycles. The number of carbonyl (C=O) groups is 2. The molecule has 1 unspecified atom stereocenters. The van der Waals surface area contributed by atoms with Crippen molar-refractivity contribution >= 4 is 11.9 Å². The molecule has 1 fully saturated rings. The fourth-order valence-electron chi connectivity index (χ4n) is 3.07. The zero-order valence-corrected chi connectivity index (χ0v) is 16.1. The molecule has 1 aliphatic rings. The molecule has 5 heteroatoms. The third-order valence-electron chi connectivity index (χ3n) is 4.75. The third kappa shape index (κ3) is 8.53. The number of likely N-dealkylation sites (tertiary alicyclic amines) is 1. The second-order valence-electron chi connectivity index (χ2n) is 7.02. The maximum Gasteiger partial charge on any atom is 0.303 e. The van der Waals surface area contributed by atoms with E-state index in [0.717, 1.165) is 32.1 Å². The number of carboxylic acid groups (broad SMARTS) is 1. The molecule has 0 aliphatic carbocycles. The highest BCUT2D eigenvalue weighted by atomic mass is 16.4.